The van der Waals surface area contributed by atoms with Gasteiger partial charge in [0.25, 0.3) is 0 Å². The second-order valence-electron chi connectivity index (χ2n) is 2.95. The third kappa shape index (κ3) is 3.87. The zero-order valence-electron chi connectivity index (χ0n) is 8.76. The molecular formula is C9H5Cl5N2O2. The molecular weight excluding hydrogens is 345 g/mol. The summed E-state index contributed by atoms with van der Waals surface area (Å²) in [6.07, 6.45) is 0. The zero-order chi connectivity index (χ0) is 13.9. The van der Waals surface area contributed by atoms with Crippen LogP contribution in [0.2, 0.25) is 15.1 Å². The van der Waals surface area contributed by atoms with E-state index in [1.54, 1.807) is 0 Å². The van der Waals surface area contributed by atoms with Crippen molar-refractivity contribution in [1.29, 1.82) is 0 Å². The van der Waals surface area contributed by atoms with Gasteiger partial charge in [0.05, 0.1) is 17.2 Å². The van der Waals surface area contributed by atoms with Crippen molar-refractivity contribution >= 4 is 69.7 Å². The van der Waals surface area contributed by atoms with Gasteiger partial charge in [0.1, 0.15) is 5.69 Å². The number of alkyl halides is 2. The Morgan fingerprint density at radius 1 is 1.22 bits per heavy atom. The van der Waals surface area contributed by atoms with E-state index in [0.717, 1.165) is 7.11 Å². The number of halogens is 5. The Bertz CT molecular complexity index is 481. The summed E-state index contributed by atoms with van der Waals surface area (Å²) >= 11 is 28.6. The van der Waals surface area contributed by atoms with Crippen LogP contribution in [-0.4, -0.2) is 17.5 Å². The molecule has 18 heavy (non-hydrogen) atoms. The molecule has 0 atom stereocenters. The van der Waals surface area contributed by atoms with Crippen molar-refractivity contribution in [3.05, 3.63) is 27.2 Å². The monoisotopic (exact) mass is 348 g/mol. The van der Waals surface area contributed by atoms with Gasteiger partial charge in [-0.15, -0.1) is 10.2 Å². The fourth-order valence-corrected chi connectivity index (χ4v) is 2.03. The van der Waals surface area contributed by atoms with E-state index in [-0.39, 0.29) is 15.7 Å². The molecule has 0 heterocycles. The maximum absolute atomic E-state index is 11.2. The highest BCUT2D eigenvalue weighted by Gasteiger charge is 2.35. The minimum atomic E-state index is -2.17. The lowest BCUT2D eigenvalue weighted by atomic mass is 10.3. The van der Waals surface area contributed by atoms with Gasteiger partial charge in [-0.3, -0.25) is 0 Å². The number of hydrogen-bond acceptors (Lipinski definition) is 4. The number of hydrogen-bond donors (Lipinski definition) is 0. The third-order valence-corrected chi connectivity index (χ3v) is 2.94. The van der Waals surface area contributed by atoms with Crippen molar-refractivity contribution < 1.29 is 9.53 Å². The first-order valence-electron chi connectivity index (χ1n) is 4.31. The van der Waals surface area contributed by atoms with E-state index < -0.39 is 10.4 Å². The number of esters is 1. The molecule has 0 saturated heterocycles. The lowest BCUT2D eigenvalue weighted by Gasteiger charge is -2.09. The number of benzene rings is 1. The Hall–Kier alpha value is -0.260. The van der Waals surface area contributed by atoms with Crippen molar-refractivity contribution in [3.63, 3.8) is 0 Å². The van der Waals surface area contributed by atoms with Gasteiger partial charge in [-0.1, -0.05) is 58.0 Å². The molecule has 0 fully saturated rings. The topological polar surface area (TPSA) is 51.0 Å². The number of carbonyl (C=O) groups is 1. The number of ether oxygens (including phenoxy) is 1. The van der Waals surface area contributed by atoms with E-state index in [1.807, 2.05) is 0 Å². The highest BCUT2D eigenvalue weighted by molar-refractivity contribution is 6.57. The van der Waals surface area contributed by atoms with Crippen LogP contribution in [0.4, 0.5) is 5.69 Å². The van der Waals surface area contributed by atoms with Crippen LogP contribution in [0.3, 0.4) is 0 Å². The summed E-state index contributed by atoms with van der Waals surface area (Å²) in [6.45, 7) is 0. The quantitative estimate of drug-likeness (QED) is 0.332. The van der Waals surface area contributed by atoms with Crippen molar-refractivity contribution in [2.24, 2.45) is 10.2 Å². The molecule has 0 spiro atoms. The van der Waals surface area contributed by atoms with E-state index in [2.05, 4.69) is 15.0 Å². The minimum Gasteiger partial charge on any atom is -0.465 e. The standard InChI is InChI=1S/C9H5Cl5N2O2/c1-18-8(17)9(13,14)16-15-7-5(11)2-4(10)3-6(7)12/h2-3H,1H3. The first kappa shape index (κ1) is 15.8. The first-order chi connectivity index (χ1) is 8.27. The highest BCUT2D eigenvalue weighted by Crippen LogP contribution is 2.37. The number of azo groups is 1. The normalized spacial score (nSPS) is 11.9. The van der Waals surface area contributed by atoms with E-state index in [9.17, 15) is 4.79 Å². The smallest absolute Gasteiger partial charge is 0.367 e. The molecule has 9 heteroatoms. The van der Waals surface area contributed by atoms with Crippen LogP contribution in [0.25, 0.3) is 0 Å². The Balaban J connectivity index is 3.09. The molecule has 0 saturated carbocycles. The minimum absolute atomic E-state index is 0.0947. The van der Waals surface area contributed by atoms with Crippen LogP contribution >= 0.6 is 58.0 Å². The van der Waals surface area contributed by atoms with Gasteiger partial charge in [0, 0.05) is 5.02 Å². The van der Waals surface area contributed by atoms with Crippen molar-refractivity contribution in [2.75, 3.05) is 7.11 Å². The number of rotatable bonds is 3. The zero-order valence-corrected chi connectivity index (χ0v) is 12.5. The Labute approximate surface area is 128 Å². The largest absolute Gasteiger partial charge is 0.465 e. The molecule has 0 N–H and O–H groups in total. The molecule has 0 aliphatic heterocycles. The lowest BCUT2D eigenvalue weighted by Crippen LogP contribution is -2.24. The summed E-state index contributed by atoms with van der Waals surface area (Å²) in [4.78, 5) is 11.2. The second-order valence-corrected chi connectivity index (χ2v) is 5.49. The summed E-state index contributed by atoms with van der Waals surface area (Å²) in [7, 11) is 1.11. The van der Waals surface area contributed by atoms with E-state index in [4.69, 9.17) is 58.0 Å². The maximum Gasteiger partial charge on any atom is 0.367 e. The van der Waals surface area contributed by atoms with Crippen molar-refractivity contribution in [1.82, 2.24) is 0 Å². The van der Waals surface area contributed by atoms with Gasteiger partial charge >= 0.3 is 10.4 Å². The van der Waals surface area contributed by atoms with Gasteiger partial charge in [-0.2, -0.15) is 0 Å². The molecule has 0 amide bonds. The van der Waals surface area contributed by atoms with Crippen LogP contribution in [0.1, 0.15) is 0 Å². The van der Waals surface area contributed by atoms with Gasteiger partial charge < -0.3 is 4.74 Å². The average Bonchev–Trinajstić information content (AvgIpc) is 2.26. The molecule has 1 rings (SSSR count). The van der Waals surface area contributed by atoms with E-state index >= 15 is 0 Å². The molecule has 4 nitrogen and oxygen atoms in total. The van der Waals surface area contributed by atoms with Gasteiger partial charge in [-0.05, 0) is 12.1 Å². The highest BCUT2D eigenvalue weighted by atomic mass is 35.5. The SMILES string of the molecule is COC(=O)C(Cl)(Cl)N=Nc1c(Cl)cc(Cl)cc1Cl. The van der Waals surface area contributed by atoms with Crippen LogP contribution in [-0.2, 0) is 9.53 Å². The fraction of sp³-hybridized carbons (Fsp3) is 0.222. The van der Waals surface area contributed by atoms with Crippen LogP contribution in [0, 0.1) is 0 Å². The van der Waals surface area contributed by atoms with Crippen molar-refractivity contribution in [2.45, 2.75) is 4.46 Å². The predicted molar refractivity (Wildman–Crippen MR) is 72.4 cm³/mol. The Morgan fingerprint density at radius 3 is 2.17 bits per heavy atom. The second kappa shape index (κ2) is 6.26. The molecule has 0 bridgehead atoms. The lowest BCUT2D eigenvalue weighted by molar-refractivity contribution is -0.141. The Kier molecular flexibility index (Phi) is 5.49. The molecule has 0 aliphatic rings. The molecule has 0 aromatic heterocycles. The molecule has 1 aromatic carbocycles. The fourth-order valence-electron chi connectivity index (χ4n) is 0.907. The van der Waals surface area contributed by atoms with Gasteiger partial charge in [0.15, 0.2) is 0 Å². The molecule has 0 radical (unpaired) electrons. The van der Waals surface area contributed by atoms with E-state index in [0.29, 0.717) is 5.02 Å². The summed E-state index contributed by atoms with van der Waals surface area (Å²) in [5, 5.41) is 7.66. The summed E-state index contributed by atoms with van der Waals surface area (Å²) in [6, 6.07) is 2.82. The molecule has 1 aromatic rings. The summed E-state index contributed by atoms with van der Waals surface area (Å²) in [5.74, 6) is -0.976. The number of nitrogens with zero attached hydrogens (tertiary/aromatic N) is 2. The van der Waals surface area contributed by atoms with E-state index in [1.165, 1.54) is 12.1 Å². The summed E-state index contributed by atoms with van der Waals surface area (Å²) < 4.78 is 2.17. The van der Waals surface area contributed by atoms with Gasteiger partial charge in [0.2, 0.25) is 0 Å². The molecule has 98 valence electrons. The van der Waals surface area contributed by atoms with Crippen molar-refractivity contribution in [3.8, 4) is 0 Å². The third-order valence-electron chi connectivity index (χ3n) is 1.69. The van der Waals surface area contributed by atoms with Crippen LogP contribution < -0.4 is 0 Å². The maximum atomic E-state index is 11.2. The predicted octanol–water partition coefficient (Wildman–Crippen LogP) is 5.03. The number of carbonyl (C=O) groups excluding carboxylic acids is 1. The number of methoxy groups -OCH3 is 1. The van der Waals surface area contributed by atoms with Crippen LogP contribution in [0.5, 0.6) is 0 Å². The summed E-state index contributed by atoms with van der Waals surface area (Å²) in [5.41, 5.74) is 0.0947. The van der Waals surface area contributed by atoms with Crippen LogP contribution in [0.15, 0.2) is 22.4 Å². The first-order valence-corrected chi connectivity index (χ1v) is 6.20. The average molecular weight is 350 g/mol. The van der Waals surface area contributed by atoms with Gasteiger partial charge in [-0.25, -0.2) is 4.79 Å². The molecule has 0 aliphatic carbocycles. The molecule has 0 unspecified atom stereocenters. The Morgan fingerprint density at radius 2 is 1.72 bits per heavy atom.